The standard InChI is InChI=1S/C14H21N3O/c1-15-13-9-8-12(10-16-13)17(2)14(18)11-6-4-3-5-7-11/h8-11H,3-7H2,1-2H3,(H,15,16). The maximum atomic E-state index is 12.3. The van der Waals surface area contributed by atoms with Gasteiger partial charge in [0.05, 0.1) is 11.9 Å². The number of nitrogens with zero attached hydrogens (tertiary/aromatic N) is 2. The molecule has 0 unspecified atom stereocenters. The number of rotatable bonds is 3. The Labute approximate surface area is 108 Å². The monoisotopic (exact) mass is 247 g/mol. The SMILES string of the molecule is CNc1ccc(N(C)C(=O)C2CCCCC2)cn1. The highest BCUT2D eigenvalue weighted by Gasteiger charge is 2.24. The quantitative estimate of drug-likeness (QED) is 0.893. The van der Waals surface area contributed by atoms with Gasteiger partial charge in [-0.1, -0.05) is 19.3 Å². The van der Waals surface area contributed by atoms with Gasteiger partial charge in [0.1, 0.15) is 5.82 Å². The second-order valence-corrected chi connectivity index (χ2v) is 4.88. The van der Waals surface area contributed by atoms with Crippen molar-refractivity contribution in [3.05, 3.63) is 18.3 Å². The predicted octanol–water partition coefficient (Wildman–Crippen LogP) is 2.67. The smallest absolute Gasteiger partial charge is 0.229 e. The first-order valence-electron chi connectivity index (χ1n) is 6.63. The Morgan fingerprint density at radius 2 is 2.06 bits per heavy atom. The highest BCUT2D eigenvalue weighted by atomic mass is 16.2. The number of amides is 1. The number of nitrogens with one attached hydrogen (secondary N) is 1. The molecule has 1 saturated carbocycles. The van der Waals surface area contributed by atoms with Gasteiger partial charge in [-0.25, -0.2) is 4.98 Å². The molecule has 1 heterocycles. The van der Waals surface area contributed by atoms with Gasteiger partial charge in [0.15, 0.2) is 0 Å². The summed E-state index contributed by atoms with van der Waals surface area (Å²) in [5.41, 5.74) is 0.865. The minimum Gasteiger partial charge on any atom is -0.373 e. The molecule has 0 spiro atoms. The normalized spacial score (nSPS) is 16.3. The zero-order valence-corrected chi connectivity index (χ0v) is 11.1. The summed E-state index contributed by atoms with van der Waals surface area (Å²) >= 11 is 0. The molecule has 1 fully saturated rings. The Bertz CT molecular complexity index is 396. The van der Waals surface area contributed by atoms with Crippen LogP contribution in [0, 0.1) is 5.92 Å². The highest BCUT2D eigenvalue weighted by molar-refractivity contribution is 5.94. The van der Waals surface area contributed by atoms with Crippen molar-refractivity contribution in [1.29, 1.82) is 0 Å². The number of aromatic nitrogens is 1. The molecular formula is C14H21N3O. The molecule has 0 radical (unpaired) electrons. The molecule has 98 valence electrons. The molecule has 1 N–H and O–H groups in total. The lowest BCUT2D eigenvalue weighted by atomic mass is 9.88. The predicted molar refractivity (Wildman–Crippen MR) is 73.8 cm³/mol. The van der Waals surface area contributed by atoms with E-state index in [1.54, 1.807) is 11.1 Å². The van der Waals surface area contributed by atoms with Gasteiger partial charge in [-0.2, -0.15) is 0 Å². The lowest BCUT2D eigenvalue weighted by molar-refractivity contribution is -0.123. The number of carbonyl (C=O) groups excluding carboxylic acids is 1. The first kappa shape index (κ1) is 12.9. The van der Waals surface area contributed by atoms with Gasteiger partial charge in [0.25, 0.3) is 0 Å². The summed E-state index contributed by atoms with van der Waals surface area (Å²) in [5.74, 6) is 1.25. The summed E-state index contributed by atoms with van der Waals surface area (Å²) < 4.78 is 0. The summed E-state index contributed by atoms with van der Waals surface area (Å²) in [4.78, 5) is 18.3. The van der Waals surface area contributed by atoms with Gasteiger partial charge in [-0.05, 0) is 25.0 Å². The zero-order chi connectivity index (χ0) is 13.0. The molecule has 1 amide bonds. The summed E-state index contributed by atoms with van der Waals surface area (Å²) in [6, 6.07) is 3.82. The van der Waals surface area contributed by atoms with Crippen molar-refractivity contribution in [3.8, 4) is 0 Å². The maximum absolute atomic E-state index is 12.3. The van der Waals surface area contributed by atoms with Crippen molar-refractivity contribution in [1.82, 2.24) is 4.98 Å². The average Bonchev–Trinajstić information content (AvgIpc) is 2.47. The number of anilines is 2. The summed E-state index contributed by atoms with van der Waals surface area (Å²) in [6.45, 7) is 0. The van der Waals surface area contributed by atoms with Crippen LogP contribution >= 0.6 is 0 Å². The summed E-state index contributed by atoms with van der Waals surface area (Å²) in [6.07, 6.45) is 7.44. The highest BCUT2D eigenvalue weighted by Crippen LogP contribution is 2.26. The van der Waals surface area contributed by atoms with Crippen molar-refractivity contribution in [2.24, 2.45) is 5.92 Å². The first-order valence-corrected chi connectivity index (χ1v) is 6.63. The van der Waals surface area contributed by atoms with E-state index in [4.69, 9.17) is 0 Å². The van der Waals surface area contributed by atoms with Crippen LogP contribution in [0.5, 0.6) is 0 Å². The first-order chi connectivity index (χ1) is 8.72. The van der Waals surface area contributed by atoms with E-state index in [0.29, 0.717) is 0 Å². The fourth-order valence-corrected chi connectivity index (χ4v) is 2.48. The maximum Gasteiger partial charge on any atom is 0.229 e. The molecule has 0 saturated heterocycles. The topological polar surface area (TPSA) is 45.2 Å². The van der Waals surface area contributed by atoms with E-state index in [9.17, 15) is 4.79 Å². The minimum atomic E-state index is 0.202. The molecular weight excluding hydrogens is 226 g/mol. The van der Waals surface area contributed by atoms with E-state index in [1.807, 2.05) is 26.2 Å². The van der Waals surface area contributed by atoms with E-state index in [-0.39, 0.29) is 11.8 Å². The third-order valence-electron chi connectivity index (χ3n) is 3.68. The van der Waals surface area contributed by atoms with E-state index in [1.165, 1.54) is 19.3 Å². The molecule has 1 aromatic heterocycles. The van der Waals surface area contributed by atoms with Crippen LogP contribution in [0.3, 0.4) is 0 Å². The van der Waals surface area contributed by atoms with Gasteiger partial charge in [-0.15, -0.1) is 0 Å². The van der Waals surface area contributed by atoms with Crippen LogP contribution in [0.2, 0.25) is 0 Å². The summed E-state index contributed by atoms with van der Waals surface area (Å²) in [7, 11) is 3.67. The fourth-order valence-electron chi connectivity index (χ4n) is 2.48. The van der Waals surface area contributed by atoms with E-state index < -0.39 is 0 Å². The number of hydrogen-bond donors (Lipinski definition) is 1. The largest absolute Gasteiger partial charge is 0.373 e. The van der Waals surface area contributed by atoms with Gasteiger partial charge in [-0.3, -0.25) is 4.79 Å². The van der Waals surface area contributed by atoms with Crippen molar-refractivity contribution >= 4 is 17.4 Å². The minimum absolute atomic E-state index is 0.202. The van der Waals surface area contributed by atoms with Crippen LogP contribution < -0.4 is 10.2 Å². The molecule has 1 aromatic rings. The molecule has 4 nitrogen and oxygen atoms in total. The molecule has 2 rings (SSSR count). The molecule has 0 aliphatic heterocycles. The zero-order valence-electron chi connectivity index (χ0n) is 11.1. The Hall–Kier alpha value is -1.58. The lowest BCUT2D eigenvalue weighted by Crippen LogP contribution is -2.34. The van der Waals surface area contributed by atoms with Gasteiger partial charge >= 0.3 is 0 Å². The van der Waals surface area contributed by atoms with Crippen molar-refractivity contribution in [2.45, 2.75) is 32.1 Å². The van der Waals surface area contributed by atoms with Crippen LogP contribution in [0.4, 0.5) is 11.5 Å². The average molecular weight is 247 g/mol. The molecule has 18 heavy (non-hydrogen) atoms. The fraction of sp³-hybridized carbons (Fsp3) is 0.571. The summed E-state index contributed by atoms with van der Waals surface area (Å²) in [5, 5.41) is 2.97. The van der Waals surface area contributed by atoms with Crippen LogP contribution in [0.25, 0.3) is 0 Å². The van der Waals surface area contributed by atoms with Gasteiger partial charge < -0.3 is 10.2 Å². The van der Waals surface area contributed by atoms with Crippen LogP contribution in [-0.2, 0) is 4.79 Å². The lowest BCUT2D eigenvalue weighted by Gasteiger charge is -2.26. The number of hydrogen-bond acceptors (Lipinski definition) is 3. The van der Waals surface area contributed by atoms with Gasteiger partial charge in [0.2, 0.25) is 5.91 Å². The van der Waals surface area contributed by atoms with Crippen LogP contribution in [-0.4, -0.2) is 25.0 Å². The molecule has 4 heteroatoms. The van der Waals surface area contributed by atoms with Crippen molar-refractivity contribution in [3.63, 3.8) is 0 Å². The van der Waals surface area contributed by atoms with Gasteiger partial charge in [0, 0.05) is 20.0 Å². The molecule has 0 atom stereocenters. The molecule has 0 bridgehead atoms. The Morgan fingerprint density at radius 1 is 1.33 bits per heavy atom. The molecule has 1 aliphatic carbocycles. The van der Waals surface area contributed by atoms with Crippen LogP contribution in [0.15, 0.2) is 18.3 Å². The van der Waals surface area contributed by atoms with Crippen molar-refractivity contribution < 1.29 is 4.79 Å². The molecule has 0 aromatic carbocycles. The molecule has 1 aliphatic rings. The third-order valence-corrected chi connectivity index (χ3v) is 3.68. The van der Waals surface area contributed by atoms with Crippen molar-refractivity contribution in [2.75, 3.05) is 24.3 Å². The van der Waals surface area contributed by atoms with E-state index >= 15 is 0 Å². The Balaban J connectivity index is 2.04. The van der Waals surface area contributed by atoms with E-state index in [2.05, 4.69) is 10.3 Å². The Morgan fingerprint density at radius 3 is 2.61 bits per heavy atom. The number of carbonyl (C=O) groups is 1. The van der Waals surface area contributed by atoms with Crippen LogP contribution in [0.1, 0.15) is 32.1 Å². The second kappa shape index (κ2) is 5.85. The van der Waals surface area contributed by atoms with E-state index in [0.717, 1.165) is 24.3 Å². The second-order valence-electron chi connectivity index (χ2n) is 4.88. The third kappa shape index (κ3) is 2.81. The Kier molecular flexibility index (Phi) is 4.18. The number of pyridine rings is 1.